The lowest BCUT2D eigenvalue weighted by atomic mass is 9.99. The van der Waals surface area contributed by atoms with E-state index < -0.39 is 12.0 Å². The van der Waals surface area contributed by atoms with E-state index in [4.69, 9.17) is 21.1 Å². The van der Waals surface area contributed by atoms with Crippen LogP contribution in [-0.2, 0) is 16.0 Å². The molecule has 7 nitrogen and oxygen atoms in total. The number of esters is 1. The molecule has 0 spiro atoms. The second-order valence-corrected chi connectivity index (χ2v) is 7.87. The van der Waals surface area contributed by atoms with Gasteiger partial charge in [0, 0.05) is 42.0 Å². The van der Waals surface area contributed by atoms with E-state index in [1.807, 2.05) is 6.92 Å². The number of methoxy groups -OCH3 is 1. The van der Waals surface area contributed by atoms with Gasteiger partial charge in [-0.25, -0.2) is 4.79 Å². The number of benzene rings is 1. The van der Waals surface area contributed by atoms with Crippen LogP contribution in [0.2, 0.25) is 5.02 Å². The average molecular weight is 463 g/mol. The van der Waals surface area contributed by atoms with Crippen LogP contribution in [0.1, 0.15) is 63.2 Å². The van der Waals surface area contributed by atoms with E-state index in [0.29, 0.717) is 39.6 Å². The molecule has 0 saturated heterocycles. The Morgan fingerprint density at radius 2 is 1.75 bits per heavy atom. The lowest BCUT2D eigenvalue weighted by Crippen LogP contribution is -2.45. The first kappa shape index (κ1) is 25.6. The number of hydrogen-bond donors (Lipinski definition) is 0. The van der Waals surface area contributed by atoms with E-state index in [9.17, 15) is 14.4 Å². The summed E-state index contributed by atoms with van der Waals surface area (Å²) in [6.07, 6.45) is 0. The molecule has 2 aromatic rings. The minimum Gasteiger partial charge on any atom is -0.461 e. The highest BCUT2D eigenvalue weighted by Gasteiger charge is 2.33. The predicted octanol–water partition coefficient (Wildman–Crippen LogP) is 4.31. The number of nitrogens with zero attached hydrogens (tertiary/aromatic N) is 2. The Labute approximate surface area is 194 Å². The van der Waals surface area contributed by atoms with Crippen LogP contribution >= 0.6 is 11.6 Å². The second-order valence-electron chi connectivity index (χ2n) is 7.44. The summed E-state index contributed by atoms with van der Waals surface area (Å²) in [7, 11) is 1.54. The number of Topliss-reactive ketones (excluding diaryl/α,β-unsaturated/α-hetero) is 1. The van der Waals surface area contributed by atoms with Gasteiger partial charge in [-0.05, 0) is 64.4 Å². The normalized spacial score (nSPS) is 11.8. The van der Waals surface area contributed by atoms with E-state index in [0.717, 1.165) is 0 Å². The molecule has 2 rings (SSSR count). The number of carbonyl (C=O) groups is 3. The number of aromatic nitrogens is 1. The number of amides is 1. The smallest absolute Gasteiger partial charge is 0.355 e. The van der Waals surface area contributed by atoms with E-state index in [2.05, 4.69) is 0 Å². The van der Waals surface area contributed by atoms with Crippen LogP contribution < -0.4 is 0 Å². The molecule has 1 aromatic heterocycles. The van der Waals surface area contributed by atoms with Crippen molar-refractivity contribution in [3.8, 4) is 0 Å². The predicted molar refractivity (Wildman–Crippen MR) is 124 cm³/mol. The van der Waals surface area contributed by atoms with Crippen molar-refractivity contribution in [2.75, 3.05) is 26.9 Å². The molecular formula is C24H31ClN2O5. The van der Waals surface area contributed by atoms with Crippen molar-refractivity contribution in [3.05, 3.63) is 57.4 Å². The number of rotatable bonds is 10. The standard InChI is InChI=1S/C24H31ClN2O5/c1-7-26-16(4)20(15(3)21(26)24(30)32-8-2)22(28)17(5)27(13-14-31-6)23(29)18-9-11-19(25)12-10-18/h9-12,17H,7-8,13-14H2,1-6H3. The first-order chi connectivity index (χ1) is 15.2. The molecular weight excluding hydrogens is 432 g/mol. The second kappa shape index (κ2) is 11.3. The lowest BCUT2D eigenvalue weighted by Gasteiger charge is -2.28. The molecule has 0 fully saturated rings. The molecule has 0 radical (unpaired) electrons. The molecule has 0 bridgehead atoms. The zero-order valence-electron chi connectivity index (χ0n) is 19.5. The van der Waals surface area contributed by atoms with Crippen molar-refractivity contribution >= 4 is 29.3 Å². The minimum atomic E-state index is -0.770. The Hall–Kier alpha value is -2.64. The lowest BCUT2D eigenvalue weighted by molar-refractivity contribution is 0.0512. The Morgan fingerprint density at radius 1 is 1.12 bits per heavy atom. The van der Waals surface area contributed by atoms with Crippen LogP contribution in [0.25, 0.3) is 0 Å². The van der Waals surface area contributed by atoms with Crippen LogP contribution in [0, 0.1) is 13.8 Å². The fourth-order valence-electron chi connectivity index (χ4n) is 3.89. The van der Waals surface area contributed by atoms with E-state index >= 15 is 0 Å². The number of ether oxygens (including phenoxy) is 2. The van der Waals surface area contributed by atoms with Gasteiger partial charge in [0.1, 0.15) is 5.69 Å². The summed E-state index contributed by atoms with van der Waals surface area (Å²) >= 11 is 5.95. The Morgan fingerprint density at radius 3 is 2.28 bits per heavy atom. The topological polar surface area (TPSA) is 77.8 Å². The third-order valence-electron chi connectivity index (χ3n) is 5.53. The van der Waals surface area contributed by atoms with Crippen LogP contribution in [0.4, 0.5) is 0 Å². The van der Waals surface area contributed by atoms with Gasteiger partial charge in [-0.2, -0.15) is 0 Å². The number of carbonyl (C=O) groups excluding carboxylic acids is 3. The molecule has 1 heterocycles. The third-order valence-corrected chi connectivity index (χ3v) is 5.79. The van der Waals surface area contributed by atoms with Crippen molar-refractivity contribution in [2.45, 2.75) is 47.2 Å². The van der Waals surface area contributed by atoms with Crippen molar-refractivity contribution in [1.82, 2.24) is 9.47 Å². The minimum absolute atomic E-state index is 0.238. The van der Waals surface area contributed by atoms with Crippen LogP contribution in [0.5, 0.6) is 0 Å². The summed E-state index contributed by atoms with van der Waals surface area (Å²) in [5, 5.41) is 0.521. The highest BCUT2D eigenvalue weighted by molar-refractivity contribution is 6.30. The fourth-order valence-corrected chi connectivity index (χ4v) is 4.01. The van der Waals surface area contributed by atoms with Gasteiger partial charge >= 0.3 is 5.97 Å². The Bertz CT molecular complexity index is 981. The van der Waals surface area contributed by atoms with Crippen molar-refractivity contribution < 1.29 is 23.9 Å². The molecule has 0 aliphatic heterocycles. The zero-order valence-corrected chi connectivity index (χ0v) is 20.3. The number of ketones is 1. The summed E-state index contributed by atoms with van der Waals surface area (Å²) < 4.78 is 12.2. The quantitative estimate of drug-likeness (QED) is 0.388. The van der Waals surface area contributed by atoms with E-state index in [1.54, 1.807) is 63.6 Å². The molecule has 0 N–H and O–H groups in total. The monoisotopic (exact) mass is 462 g/mol. The maximum absolute atomic E-state index is 13.6. The van der Waals surface area contributed by atoms with Gasteiger partial charge in [0.25, 0.3) is 5.91 Å². The molecule has 8 heteroatoms. The van der Waals surface area contributed by atoms with Crippen molar-refractivity contribution in [3.63, 3.8) is 0 Å². The van der Waals surface area contributed by atoms with Gasteiger partial charge < -0.3 is 18.9 Å². The van der Waals surface area contributed by atoms with Crippen molar-refractivity contribution in [2.24, 2.45) is 0 Å². The summed E-state index contributed by atoms with van der Waals surface area (Å²) in [6.45, 7) is 10.2. The molecule has 0 aliphatic rings. The van der Waals surface area contributed by atoms with Gasteiger partial charge in [-0.1, -0.05) is 11.6 Å². The fraction of sp³-hybridized carbons (Fsp3) is 0.458. The molecule has 1 amide bonds. The Kier molecular flexibility index (Phi) is 9.04. The molecule has 1 aromatic carbocycles. The van der Waals surface area contributed by atoms with E-state index in [-0.39, 0.29) is 31.4 Å². The maximum Gasteiger partial charge on any atom is 0.355 e. The van der Waals surface area contributed by atoms with Gasteiger partial charge in [0.15, 0.2) is 5.78 Å². The molecule has 174 valence electrons. The van der Waals surface area contributed by atoms with Gasteiger partial charge in [-0.3, -0.25) is 9.59 Å². The number of halogens is 1. The zero-order chi connectivity index (χ0) is 24.0. The number of hydrogen-bond acceptors (Lipinski definition) is 5. The molecule has 32 heavy (non-hydrogen) atoms. The van der Waals surface area contributed by atoms with Gasteiger partial charge in [0.2, 0.25) is 0 Å². The average Bonchev–Trinajstić information content (AvgIpc) is 3.03. The summed E-state index contributed by atoms with van der Waals surface area (Å²) in [5.41, 5.74) is 2.47. The molecule has 1 unspecified atom stereocenters. The Balaban J connectivity index is 2.47. The summed E-state index contributed by atoms with van der Waals surface area (Å²) in [5.74, 6) is -0.998. The largest absolute Gasteiger partial charge is 0.461 e. The van der Waals surface area contributed by atoms with Crippen LogP contribution in [0.15, 0.2) is 24.3 Å². The third kappa shape index (κ3) is 5.22. The molecule has 0 aliphatic carbocycles. The SMILES string of the molecule is CCOC(=O)c1c(C)c(C(=O)C(C)N(CCOC)C(=O)c2ccc(Cl)cc2)c(C)n1CC. The van der Waals surface area contributed by atoms with Gasteiger partial charge in [0.05, 0.1) is 19.3 Å². The highest BCUT2D eigenvalue weighted by atomic mass is 35.5. The van der Waals surface area contributed by atoms with Crippen molar-refractivity contribution in [1.29, 1.82) is 0 Å². The first-order valence-electron chi connectivity index (χ1n) is 10.7. The van der Waals surface area contributed by atoms with Gasteiger partial charge in [-0.15, -0.1) is 0 Å². The van der Waals surface area contributed by atoms with Crippen LogP contribution in [-0.4, -0.2) is 60.0 Å². The van der Waals surface area contributed by atoms with E-state index in [1.165, 1.54) is 4.90 Å². The highest BCUT2D eigenvalue weighted by Crippen LogP contribution is 2.26. The first-order valence-corrected chi connectivity index (χ1v) is 11.0. The molecule has 0 saturated carbocycles. The molecule has 1 atom stereocenters. The summed E-state index contributed by atoms with van der Waals surface area (Å²) in [4.78, 5) is 40.9. The summed E-state index contributed by atoms with van der Waals surface area (Å²) in [6, 6.07) is 5.76. The maximum atomic E-state index is 13.6. The van der Waals surface area contributed by atoms with Crippen LogP contribution in [0.3, 0.4) is 0 Å².